The average Bonchev–Trinajstić information content (AvgIpc) is 2.73. The van der Waals surface area contributed by atoms with Gasteiger partial charge in [-0.25, -0.2) is 0 Å². The molecule has 0 spiro atoms. The number of aliphatic imine (C=N–C) groups is 1. The normalized spacial score (nSPS) is 16.0. The Labute approximate surface area is 178 Å². The van der Waals surface area contributed by atoms with Gasteiger partial charge in [0, 0.05) is 51.5 Å². The highest BCUT2D eigenvalue weighted by Gasteiger charge is 2.16. The van der Waals surface area contributed by atoms with Gasteiger partial charge in [-0.2, -0.15) is 0 Å². The molecule has 0 atom stereocenters. The second-order valence-electron chi connectivity index (χ2n) is 7.20. The first kappa shape index (κ1) is 21.4. The number of nitrogens with one attached hydrogen (secondary N) is 1. The van der Waals surface area contributed by atoms with E-state index >= 15 is 0 Å². The fraction of sp³-hybridized carbons (Fsp3) is 0.409. The van der Waals surface area contributed by atoms with Crippen LogP contribution in [0.4, 0.5) is 5.69 Å². The summed E-state index contributed by atoms with van der Waals surface area (Å²) in [7, 11) is 1.59. The second-order valence-corrected chi connectivity index (χ2v) is 7.61. The van der Waals surface area contributed by atoms with Crippen molar-refractivity contribution in [1.82, 2.24) is 9.80 Å². The first-order valence-corrected chi connectivity index (χ1v) is 10.4. The van der Waals surface area contributed by atoms with Crippen LogP contribution in [0.5, 0.6) is 5.75 Å². The van der Waals surface area contributed by atoms with Gasteiger partial charge in [-0.05, 0) is 30.2 Å². The molecule has 1 fully saturated rings. The van der Waals surface area contributed by atoms with E-state index in [-0.39, 0.29) is 0 Å². The van der Waals surface area contributed by atoms with Gasteiger partial charge in [-0.15, -0.1) is 0 Å². The number of halogens is 1. The summed E-state index contributed by atoms with van der Waals surface area (Å²) < 4.78 is 5.15. The minimum Gasteiger partial charge on any atom is -0.495 e. The lowest BCUT2D eigenvalue weighted by molar-refractivity contribution is 0.127. The lowest BCUT2D eigenvalue weighted by atomic mass is 10.2. The molecule has 156 valence electrons. The predicted octanol–water partition coefficient (Wildman–Crippen LogP) is 3.28. The van der Waals surface area contributed by atoms with E-state index in [9.17, 15) is 0 Å². The summed E-state index contributed by atoms with van der Waals surface area (Å²) in [4.78, 5) is 9.44. The van der Waals surface area contributed by atoms with E-state index in [1.165, 1.54) is 5.56 Å². The summed E-state index contributed by atoms with van der Waals surface area (Å²) in [5.74, 6) is 1.04. The zero-order valence-corrected chi connectivity index (χ0v) is 17.7. The van der Waals surface area contributed by atoms with Gasteiger partial charge in [0.15, 0.2) is 5.96 Å². The number of rotatable bonds is 8. The number of guanidine groups is 1. The Hall–Kier alpha value is -2.28. The van der Waals surface area contributed by atoms with Crippen LogP contribution in [0.3, 0.4) is 0 Å². The average molecular weight is 416 g/mol. The number of nitrogens with zero attached hydrogens (tertiary/aromatic N) is 3. The molecule has 1 aliphatic heterocycles. The predicted molar refractivity (Wildman–Crippen MR) is 121 cm³/mol. The zero-order valence-electron chi connectivity index (χ0n) is 17.0. The molecular weight excluding hydrogens is 386 g/mol. The quantitative estimate of drug-likeness (QED) is 0.393. The summed E-state index contributed by atoms with van der Waals surface area (Å²) in [6, 6.07) is 16.1. The van der Waals surface area contributed by atoms with Crippen LogP contribution in [-0.2, 0) is 6.54 Å². The summed E-state index contributed by atoms with van der Waals surface area (Å²) >= 11 is 6.13. The first-order valence-electron chi connectivity index (χ1n) is 10.0. The number of piperazine rings is 1. The van der Waals surface area contributed by atoms with Crippen molar-refractivity contribution >= 4 is 23.2 Å². The monoisotopic (exact) mass is 415 g/mol. The number of hydrogen-bond donors (Lipinski definition) is 2. The molecule has 6 nitrogen and oxygen atoms in total. The maximum Gasteiger partial charge on any atom is 0.193 e. The Kier molecular flexibility index (Phi) is 8.16. The van der Waals surface area contributed by atoms with Gasteiger partial charge in [-0.3, -0.25) is 9.89 Å². The van der Waals surface area contributed by atoms with Crippen LogP contribution in [0, 0.1) is 0 Å². The number of nitrogens with two attached hydrogens (primary N) is 1. The van der Waals surface area contributed by atoms with E-state index in [1.807, 2.05) is 6.07 Å². The smallest absolute Gasteiger partial charge is 0.193 e. The highest BCUT2D eigenvalue weighted by atomic mass is 35.5. The Morgan fingerprint density at radius 3 is 2.52 bits per heavy atom. The summed E-state index contributed by atoms with van der Waals surface area (Å²) in [5, 5.41) is 3.61. The lowest BCUT2D eigenvalue weighted by Gasteiger charge is -2.34. The Bertz CT molecular complexity index is 791. The van der Waals surface area contributed by atoms with Crippen LogP contribution < -0.4 is 15.8 Å². The summed E-state index contributed by atoms with van der Waals surface area (Å²) in [5.41, 5.74) is 8.16. The van der Waals surface area contributed by atoms with Gasteiger partial charge in [0.1, 0.15) is 5.75 Å². The second kappa shape index (κ2) is 11.0. The van der Waals surface area contributed by atoms with Crippen LogP contribution in [0.1, 0.15) is 12.0 Å². The maximum atomic E-state index is 6.13. The number of anilines is 1. The van der Waals surface area contributed by atoms with E-state index in [4.69, 9.17) is 22.1 Å². The van der Waals surface area contributed by atoms with E-state index in [1.54, 1.807) is 19.2 Å². The molecule has 2 aromatic rings. The van der Waals surface area contributed by atoms with Crippen molar-refractivity contribution in [3.63, 3.8) is 0 Å². The van der Waals surface area contributed by atoms with Crippen molar-refractivity contribution in [2.75, 3.05) is 51.7 Å². The minimum atomic E-state index is 0.402. The first-order chi connectivity index (χ1) is 14.1. The van der Waals surface area contributed by atoms with Crippen molar-refractivity contribution in [1.29, 1.82) is 0 Å². The third kappa shape index (κ3) is 6.92. The standard InChI is InChI=1S/C22H30ClN5O/c1-29-21-9-8-19(16-20(21)23)26-22(24)25-10-5-11-27-12-14-28(15-13-27)17-18-6-3-2-4-7-18/h2-4,6-9,16H,5,10-15,17H2,1H3,(H3,24,25,26). The third-order valence-corrected chi connectivity index (χ3v) is 5.35. The van der Waals surface area contributed by atoms with Crippen molar-refractivity contribution in [2.45, 2.75) is 13.0 Å². The molecule has 0 aromatic heterocycles. The number of benzene rings is 2. The van der Waals surface area contributed by atoms with Gasteiger partial charge in [-0.1, -0.05) is 41.9 Å². The van der Waals surface area contributed by atoms with E-state index in [2.05, 4.69) is 50.4 Å². The van der Waals surface area contributed by atoms with Gasteiger partial charge in [0.05, 0.1) is 12.1 Å². The molecule has 0 saturated carbocycles. The van der Waals surface area contributed by atoms with Crippen molar-refractivity contribution in [2.24, 2.45) is 10.7 Å². The number of ether oxygens (including phenoxy) is 1. The molecule has 0 bridgehead atoms. The minimum absolute atomic E-state index is 0.402. The molecule has 3 N–H and O–H groups in total. The molecule has 7 heteroatoms. The van der Waals surface area contributed by atoms with Crippen LogP contribution in [0.15, 0.2) is 53.5 Å². The molecule has 0 aliphatic carbocycles. The van der Waals surface area contributed by atoms with Gasteiger partial charge >= 0.3 is 0 Å². The highest BCUT2D eigenvalue weighted by Crippen LogP contribution is 2.27. The van der Waals surface area contributed by atoms with E-state index in [0.29, 0.717) is 23.3 Å². The molecule has 29 heavy (non-hydrogen) atoms. The largest absolute Gasteiger partial charge is 0.495 e. The van der Waals surface area contributed by atoms with E-state index in [0.717, 1.165) is 51.4 Å². The van der Waals surface area contributed by atoms with Crippen LogP contribution in [0.25, 0.3) is 0 Å². The number of hydrogen-bond acceptors (Lipinski definition) is 4. The van der Waals surface area contributed by atoms with Crippen molar-refractivity contribution in [3.05, 3.63) is 59.1 Å². The summed E-state index contributed by atoms with van der Waals surface area (Å²) in [6.45, 7) is 7.22. The Morgan fingerprint density at radius 2 is 1.83 bits per heavy atom. The van der Waals surface area contributed by atoms with Crippen LogP contribution in [-0.4, -0.2) is 62.1 Å². The summed E-state index contributed by atoms with van der Waals surface area (Å²) in [6.07, 6.45) is 0.991. The van der Waals surface area contributed by atoms with Crippen LogP contribution >= 0.6 is 11.6 Å². The van der Waals surface area contributed by atoms with Crippen molar-refractivity contribution < 1.29 is 4.74 Å². The van der Waals surface area contributed by atoms with Gasteiger partial charge in [0.2, 0.25) is 0 Å². The van der Waals surface area contributed by atoms with Gasteiger partial charge in [0.25, 0.3) is 0 Å². The fourth-order valence-corrected chi connectivity index (χ4v) is 3.70. The van der Waals surface area contributed by atoms with Crippen molar-refractivity contribution in [3.8, 4) is 5.75 Å². The topological polar surface area (TPSA) is 66.1 Å². The third-order valence-electron chi connectivity index (χ3n) is 5.05. The Balaban J connectivity index is 1.33. The molecule has 2 aromatic carbocycles. The Morgan fingerprint density at radius 1 is 1.10 bits per heavy atom. The molecule has 1 aliphatic rings. The fourth-order valence-electron chi connectivity index (χ4n) is 3.44. The highest BCUT2D eigenvalue weighted by molar-refractivity contribution is 6.32. The lowest BCUT2D eigenvalue weighted by Crippen LogP contribution is -2.46. The maximum absolute atomic E-state index is 6.13. The molecule has 1 saturated heterocycles. The zero-order chi connectivity index (χ0) is 20.5. The SMILES string of the molecule is COc1ccc(NC(N)=NCCCN2CCN(Cc3ccccc3)CC2)cc1Cl. The van der Waals surface area contributed by atoms with Crippen LogP contribution in [0.2, 0.25) is 5.02 Å². The molecule has 3 rings (SSSR count). The molecule has 1 heterocycles. The van der Waals surface area contributed by atoms with Gasteiger partial charge < -0.3 is 20.7 Å². The number of methoxy groups -OCH3 is 1. The molecular formula is C22H30ClN5O. The molecule has 0 amide bonds. The molecule has 0 radical (unpaired) electrons. The van der Waals surface area contributed by atoms with E-state index < -0.39 is 0 Å². The molecule has 0 unspecified atom stereocenters.